The number of benzene rings is 1. The largest absolute Gasteiger partial charge is 0.479 e. The Hall–Kier alpha value is -2.89. The summed E-state index contributed by atoms with van der Waals surface area (Å²) in [6, 6.07) is 10.8. The predicted octanol–water partition coefficient (Wildman–Crippen LogP) is 2.27. The van der Waals surface area contributed by atoms with Crippen LogP contribution in [0.4, 0.5) is 0 Å². The molecule has 25 heavy (non-hydrogen) atoms. The van der Waals surface area contributed by atoms with Crippen LogP contribution in [0.2, 0.25) is 0 Å². The van der Waals surface area contributed by atoms with E-state index in [9.17, 15) is 19.5 Å². The normalized spacial score (nSPS) is 11.7. The summed E-state index contributed by atoms with van der Waals surface area (Å²) in [6.07, 6.45) is 3.25. The number of aryl methyl sites for hydroxylation is 2. The number of amides is 1. The van der Waals surface area contributed by atoms with E-state index >= 15 is 0 Å². The first kappa shape index (κ1) is 18.4. The van der Waals surface area contributed by atoms with E-state index in [1.54, 1.807) is 47.2 Å². The van der Waals surface area contributed by atoms with Crippen molar-refractivity contribution in [1.29, 1.82) is 0 Å². The lowest BCUT2D eigenvalue weighted by molar-refractivity contribution is -0.142. The van der Waals surface area contributed by atoms with Gasteiger partial charge in [-0.05, 0) is 30.9 Å². The molecule has 1 amide bonds. The van der Waals surface area contributed by atoms with Crippen LogP contribution >= 0.6 is 0 Å². The molecular weight excluding hydrogens is 320 g/mol. The fourth-order valence-electron chi connectivity index (χ4n) is 2.56. The van der Waals surface area contributed by atoms with Gasteiger partial charge >= 0.3 is 5.97 Å². The average molecular weight is 342 g/mol. The molecule has 2 N–H and O–H groups in total. The number of hydrogen-bond acceptors (Lipinski definition) is 3. The van der Waals surface area contributed by atoms with Crippen LogP contribution in [0.5, 0.6) is 0 Å². The van der Waals surface area contributed by atoms with Crippen molar-refractivity contribution in [3.63, 3.8) is 0 Å². The number of pyridine rings is 1. The van der Waals surface area contributed by atoms with E-state index in [1.807, 2.05) is 6.92 Å². The summed E-state index contributed by atoms with van der Waals surface area (Å²) >= 11 is 0. The van der Waals surface area contributed by atoms with Gasteiger partial charge in [0.05, 0.1) is 0 Å². The Labute approximate surface area is 146 Å². The van der Waals surface area contributed by atoms with Crippen molar-refractivity contribution < 1.29 is 14.7 Å². The number of carbonyl (C=O) groups is 2. The lowest BCUT2D eigenvalue weighted by atomic mass is 10.1. The number of nitrogens with zero attached hydrogens (tertiary/aromatic N) is 1. The Morgan fingerprint density at radius 1 is 1.12 bits per heavy atom. The van der Waals surface area contributed by atoms with Crippen molar-refractivity contribution in [2.24, 2.45) is 0 Å². The standard InChI is InChI=1S/C19H22N2O4/c1-14-10-11-17(23)21(13-14)12-6-5-9-16(22)20-18(19(24)25)15-7-3-2-4-8-15/h2-4,7-8,10-11,13,18H,5-6,9,12H2,1H3,(H,20,22)(H,24,25). The highest BCUT2D eigenvalue weighted by molar-refractivity contribution is 5.84. The summed E-state index contributed by atoms with van der Waals surface area (Å²) in [6.45, 7) is 2.45. The number of carbonyl (C=O) groups excluding carboxylic acids is 1. The SMILES string of the molecule is Cc1ccc(=O)n(CCCCC(=O)NC(C(=O)O)c2ccccc2)c1. The summed E-state index contributed by atoms with van der Waals surface area (Å²) in [5.41, 5.74) is 1.48. The van der Waals surface area contributed by atoms with E-state index in [0.29, 0.717) is 24.9 Å². The second kappa shape index (κ2) is 8.82. The fourth-order valence-corrected chi connectivity index (χ4v) is 2.56. The number of carboxylic acid groups (broad SMARTS) is 1. The van der Waals surface area contributed by atoms with Crippen molar-refractivity contribution >= 4 is 11.9 Å². The van der Waals surface area contributed by atoms with Crippen molar-refractivity contribution in [3.05, 3.63) is 70.1 Å². The van der Waals surface area contributed by atoms with Crippen molar-refractivity contribution in [2.75, 3.05) is 0 Å². The van der Waals surface area contributed by atoms with Gasteiger partial charge in [0.1, 0.15) is 0 Å². The van der Waals surface area contributed by atoms with Crippen LogP contribution < -0.4 is 10.9 Å². The highest BCUT2D eigenvalue weighted by Crippen LogP contribution is 2.13. The minimum absolute atomic E-state index is 0.0647. The molecule has 2 rings (SSSR count). The summed E-state index contributed by atoms with van der Waals surface area (Å²) in [4.78, 5) is 35.1. The lowest BCUT2D eigenvalue weighted by Crippen LogP contribution is -2.33. The summed E-state index contributed by atoms with van der Waals surface area (Å²) in [5.74, 6) is -1.40. The maximum Gasteiger partial charge on any atom is 0.330 e. The summed E-state index contributed by atoms with van der Waals surface area (Å²) in [5, 5.41) is 11.8. The number of unbranched alkanes of at least 4 members (excludes halogenated alkanes) is 1. The molecule has 1 atom stereocenters. The highest BCUT2D eigenvalue weighted by atomic mass is 16.4. The second-order valence-electron chi connectivity index (χ2n) is 5.94. The molecule has 6 nitrogen and oxygen atoms in total. The van der Waals surface area contributed by atoms with Gasteiger partial charge < -0.3 is 15.0 Å². The third-order valence-corrected chi connectivity index (χ3v) is 3.87. The van der Waals surface area contributed by atoms with Crippen LogP contribution in [0.3, 0.4) is 0 Å². The minimum atomic E-state index is -1.09. The molecule has 0 radical (unpaired) electrons. The van der Waals surface area contributed by atoms with E-state index in [0.717, 1.165) is 5.56 Å². The van der Waals surface area contributed by atoms with Crippen molar-refractivity contribution in [2.45, 2.75) is 38.8 Å². The number of aromatic nitrogens is 1. The van der Waals surface area contributed by atoms with E-state index in [4.69, 9.17) is 0 Å². The Bertz CT molecular complexity index is 784. The van der Waals surface area contributed by atoms with Gasteiger partial charge in [0.25, 0.3) is 5.56 Å². The molecule has 1 unspecified atom stereocenters. The zero-order chi connectivity index (χ0) is 18.2. The number of nitrogens with one attached hydrogen (secondary N) is 1. The molecular formula is C19H22N2O4. The van der Waals surface area contributed by atoms with E-state index in [2.05, 4.69) is 5.32 Å². The lowest BCUT2D eigenvalue weighted by Gasteiger charge is -2.15. The van der Waals surface area contributed by atoms with Gasteiger partial charge in [0.2, 0.25) is 5.91 Å². The maximum absolute atomic E-state index is 12.0. The topological polar surface area (TPSA) is 88.4 Å². The molecule has 0 saturated carbocycles. The average Bonchev–Trinajstić information content (AvgIpc) is 2.60. The number of carboxylic acids is 1. The fraction of sp³-hybridized carbons (Fsp3) is 0.316. The molecule has 0 saturated heterocycles. The number of rotatable bonds is 8. The minimum Gasteiger partial charge on any atom is -0.479 e. The van der Waals surface area contributed by atoms with Crippen LogP contribution in [0.15, 0.2) is 53.5 Å². The quantitative estimate of drug-likeness (QED) is 0.720. The van der Waals surface area contributed by atoms with Gasteiger partial charge in [-0.15, -0.1) is 0 Å². The molecule has 0 aliphatic rings. The maximum atomic E-state index is 12.0. The molecule has 0 bridgehead atoms. The van der Waals surface area contributed by atoms with Crippen LogP contribution in [0.25, 0.3) is 0 Å². The Morgan fingerprint density at radius 2 is 1.84 bits per heavy atom. The number of aliphatic carboxylic acids is 1. The third kappa shape index (κ3) is 5.60. The first-order valence-corrected chi connectivity index (χ1v) is 8.21. The second-order valence-corrected chi connectivity index (χ2v) is 5.94. The Balaban J connectivity index is 1.82. The molecule has 2 aromatic rings. The van der Waals surface area contributed by atoms with Gasteiger partial charge in [-0.1, -0.05) is 36.4 Å². The smallest absolute Gasteiger partial charge is 0.330 e. The molecule has 6 heteroatoms. The molecule has 0 fully saturated rings. The Morgan fingerprint density at radius 3 is 2.52 bits per heavy atom. The van der Waals surface area contributed by atoms with Gasteiger partial charge in [-0.25, -0.2) is 4.79 Å². The summed E-state index contributed by atoms with van der Waals surface area (Å²) in [7, 11) is 0. The van der Waals surface area contributed by atoms with E-state index < -0.39 is 12.0 Å². The zero-order valence-corrected chi connectivity index (χ0v) is 14.1. The summed E-state index contributed by atoms with van der Waals surface area (Å²) < 4.78 is 1.62. The van der Waals surface area contributed by atoms with Crippen LogP contribution in [0.1, 0.15) is 36.4 Å². The van der Waals surface area contributed by atoms with Crippen LogP contribution in [-0.4, -0.2) is 21.6 Å². The molecule has 1 heterocycles. The van der Waals surface area contributed by atoms with E-state index in [1.165, 1.54) is 6.07 Å². The van der Waals surface area contributed by atoms with Gasteiger partial charge in [0.15, 0.2) is 6.04 Å². The molecule has 0 aliphatic heterocycles. The zero-order valence-electron chi connectivity index (χ0n) is 14.1. The van der Waals surface area contributed by atoms with Gasteiger partial charge in [0, 0.05) is 25.2 Å². The molecule has 132 valence electrons. The Kier molecular flexibility index (Phi) is 6.51. The van der Waals surface area contributed by atoms with Crippen molar-refractivity contribution in [3.8, 4) is 0 Å². The highest BCUT2D eigenvalue weighted by Gasteiger charge is 2.21. The molecule has 0 spiro atoms. The monoisotopic (exact) mass is 342 g/mol. The predicted molar refractivity (Wildman–Crippen MR) is 94.3 cm³/mol. The van der Waals surface area contributed by atoms with Gasteiger partial charge in [-0.2, -0.15) is 0 Å². The van der Waals surface area contributed by atoms with Crippen molar-refractivity contribution in [1.82, 2.24) is 9.88 Å². The molecule has 0 aliphatic carbocycles. The first-order chi connectivity index (χ1) is 12.0. The van der Waals surface area contributed by atoms with Crippen LogP contribution in [0, 0.1) is 6.92 Å². The van der Waals surface area contributed by atoms with E-state index in [-0.39, 0.29) is 17.9 Å². The third-order valence-electron chi connectivity index (χ3n) is 3.87. The van der Waals surface area contributed by atoms with Crippen LogP contribution in [-0.2, 0) is 16.1 Å². The first-order valence-electron chi connectivity index (χ1n) is 8.21. The molecule has 1 aromatic carbocycles. The number of hydrogen-bond donors (Lipinski definition) is 2. The van der Waals surface area contributed by atoms with Gasteiger partial charge in [-0.3, -0.25) is 9.59 Å². The molecule has 1 aromatic heterocycles.